The van der Waals surface area contributed by atoms with Crippen LogP contribution in [0.5, 0.6) is 11.5 Å². The molecule has 1 atom stereocenters. The fourth-order valence-corrected chi connectivity index (χ4v) is 1.44. The molecule has 3 N–H and O–H groups in total. The van der Waals surface area contributed by atoms with E-state index in [-0.39, 0.29) is 12.5 Å². The Morgan fingerprint density at radius 2 is 1.87 bits per heavy atom. The third-order valence-electron chi connectivity index (χ3n) is 2.27. The van der Waals surface area contributed by atoms with E-state index in [1.54, 1.807) is 26.6 Å². The lowest BCUT2D eigenvalue weighted by molar-refractivity contribution is 0.260. The number of rotatable bonds is 5. The summed E-state index contributed by atoms with van der Waals surface area (Å²) >= 11 is 0. The Morgan fingerprint density at radius 3 is 2.20 bits per heavy atom. The average molecular weight is 212 g/mol. The van der Waals surface area contributed by atoms with Crippen LogP contribution in [0.4, 0.5) is 0 Å². The first-order valence-electron chi connectivity index (χ1n) is 4.65. The minimum atomic E-state index is -0.196. The highest BCUT2D eigenvalue weighted by molar-refractivity contribution is 5.44. The van der Waals surface area contributed by atoms with Crippen molar-refractivity contribution in [1.82, 2.24) is 4.98 Å². The molecule has 0 spiro atoms. The number of pyridine rings is 1. The standard InChI is InChI=1S/C10H16N2O3/c1-14-8-4-12-5-9(15-2)10(8)7(3-11)6-13/h4-5,7,13H,3,6,11H2,1-2H3. The van der Waals surface area contributed by atoms with E-state index in [1.165, 1.54) is 0 Å². The lowest BCUT2D eigenvalue weighted by Gasteiger charge is -2.18. The molecular weight excluding hydrogens is 196 g/mol. The molecule has 0 amide bonds. The number of ether oxygens (including phenoxy) is 2. The first-order chi connectivity index (χ1) is 7.28. The number of hydrogen-bond donors (Lipinski definition) is 2. The molecule has 84 valence electrons. The van der Waals surface area contributed by atoms with Crippen molar-refractivity contribution in [2.24, 2.45) is 5.73 Å². The molecule has 0 aromatic carbocycles. The van der Waals surface area contributed by atoms with Crippen LogP contribution >= 0.6 is 0 Å². The van der Waals surface area contributed by atoms with Crippen molar-refractivity contribution in [2.45, 2.75) is 5.92 Å². The zero-order valence-corrected chi connectivity index (χ0v) is 8.93. The van der Waals surface area contributed by atoms with E-state index < -0.39 is 0 Å². The van der Waals surface area contributed by atoms with E-state index >= 15 is 0 Å². The molecule has 0 bridgehead atoms. The number of aliphatic hydroxyl groups excluding tert-OH is 1. The Balaban J connectivity index is 3.20. The highest BCUT2D eigenvalue weighted by Gasteiger charge is 2.19. The van der Waals surface area contributed by atoms with Crippen LogP contribution in [0.25, 0.3) is 0 Å². The second kappa shape index (κ2) is 5.53. The topological polar surface area (TPSA) is 77.6 Å². The molecule has 1 unspecified atom stereocenters. The first-order valence-corrected chi connectivity index (χ1v) is 4.65. The summed E-state index contributed by atoms with van der Waals surface area (Å²) in [5, 5.41) is 9.21. The van der Waals surface area contributed by atoms with Crippen LogP contribution in [0.15, 0.2) is 12.4 Å². The highest BCUT2D eigenvalue weighted by Crippen LogP contribution is 2.33. The summed E-state index contributed by atoms with van der Waals surface area (Å²) in [6.45, 7) is 0.278. The molecule has 5 nitrogen and oxygen atoms in total. The Bertz CT molecular complexity index is 291. The summed E-state index contributed by atoms with van der Waals surface area (Å²) in [5.74, 6) is 0.968. The molecule has 1 rings (SSSR count). The van der Waals surface area contributed by atoms with Gasteiger partial charge in [-0.25, -0.2) is 0 Å². The van der Waals surface area contributed by atoms with Crippen molar-refractivity contribution in [2.75, 3.05) is 27.4 Å². The van der Waals surface area contributed by atoms with E-state index in [2.05, 4.69) is 4.98 Å². The molecule has 1 aromatic heterocycles. The summed E-state index contributed by atoms with van der Waals surface area (Å²) < 4.78 is 10.3. The van der Waals surface area contributed by atoms with Gasteiger partial charge in [0.15, 0.2) is 0 Å². The monoisotopic (exact) mass is 212 g/mol. The van der Waals surface area contributed by atoms with E-state index in [0.717, 1.165) is 5.56 Å². The fourth-order valence-electron chi connectivity index (χ4n) is 1.44. The average Bonchev–Trinajstić information content (AvgIpc) is 2.30. The van der Waals surface area contributed by atoms with Crippen molar-refractivity contribution in [1.29, 1.82) is 0 Å². The van der Waals surface area contributed by atoms with E-state index in [9.17, 15) is 5.11 Å². The second-order valence-electron chi connectivity index (χ2n) is 3.07. The number of nitrogens with zero attached hydrogens (tertiary/aromatic N) is 1. The molecule has 0 aliphatic carbocycles. The van der Waals surface area contributed by atoms with E-state index in [0.29, 0.717) is 18.0 Å². The van der Waals surface area contributed by atoms with Gasteiger partial charge >= 0.3 is 0 Å². The molecule has 1 aromatic rings. The highest BCUT2D eigenvalue weighted by atomic mass is 16.5. The molecule has 1 heterocycles. The normalized spacial score (nSPS) is 12.3. The van der Waals surface area contributed by atoms with Crippen LogP contribution in [0.3, 0.4) is 0 Å². The van der Waals surface area contributed by atoms with Gasteiger partial charge in [-0.3, -0.25) is 4.98 Å². The molecule has 5 heteroatoms. The maximum absolute atomic E-state index is 9.21. The summed E-state index contributed by atoms with van der Waals surface area (Å²) in [4.78, 5) is 3.97. The Kier molecular flexibility index (Phi) is 4.33. The molecular formula is C10H16N2O3. The molecule has 15 heavy (non-hydrogen) atoms. The number of nitrogens with two attached hydrogens (primary N) is 1. The molecule has 0 aliphatic rings. The van der Waals surface area contributed by atoms with Crippen molar-refractivity contribution < 1.29 is 14.6 Å². The Labute approximate surface area is 88.8 Å². The fraction of sp³-hybridized carbons (Fsp3) is 0.500. The lowest BCUT2D eigenvalue weighted by Crippen LogP contribution is -2.18. The number of hydrogen-bond acceptors (Lipinski definition) is 5. The predicted octanol–water partition coefficient (Wildman–Crippen LogP) is 0.133. The summed E-state index contributed by atoms with van der Waals surface area (Å²) in [5.41, 5.74) is 6.33. The van der Waals surface area contributed by atoms with Gasteiger partial charge < -0.3 is 20.3 Å². The number of methoxy groups -OCH3 is 2. The van der Waals surface area contributed by atoms with Crippen molar-refractivity contribution in [3.8, 4) is 11.5 Å². The summed E-state index contributed by atoms with van der Waals surface area (Å²) in [7, 11) is 3.09. The zero-order valence-electron chi connectivity index (χ0n) is 8.93. The van der Waals surface area contributed by atoms with Gasteiger partial charge in [0.2, 0.25) is 0 Å². The number of aromatic nitrogens is 1. The van der Waals surface area contributed by atoms with Crippen LogP contribution in [-0.4, -0.2) is 37.5 Å². The van der Waals surface area contributed by atoms with Gasteiger partial charge in [0.1, 0.15) is 11.5 Å². The predicted molar refractivity (Wildman–Crippen MR) is 56.2 cm³/mol. The van der Waals surface area contributed by atoms with Gasteiger partial charge in [-0.1, -0.05) is 0 Å². The van der Waals surface area contributed by atoms with Gasteiger partial charge in [0.25, 0.3) is 0 Å². The number of aliphatic hydroxyl groups is 1. The van der Waals surface area contributed by atoms with Gasteiger partial charge in [0.05, 0.1) is 33.2 Å². The minimum absolute atomic E-state index is 0.0484. The van der Waals surface area contributed by atoms with Crippen LogP contribution in [0, 0.1) is 0 Å². The van der Waals surface area contributed by atoms with Crippen LogP contribution < -0.4 is 15.2 Å². The Morgan fingerprint density at radius 1 is 1.33 bits per heavy atom. The third kappa shape index (κ3) is 2.37. The molecule has 0 aliphatic heterocycles. The minimum Gasteiger partial charge on any atom is -0.495 e. The van der Waals surface area contributed by atoms with Crippen molar-refractivity contribution in [3.05, 3.63) is 18.0 Å². The zero-order chi connectivity index (χ0) is 11.3. The Hall–Kier alpha value is -1.33. The van der Waals surface area contributed by atoms with Crippen molar-refractivity contribution in [3.63, 3.8) is 0 Å². The van der Waals surface area contributed by atoms with Crippen LogP contribution in [0.1, 0.15) is 11.5 Å². The molecule has 0 saturated heterocycles. The van der Waals surface area contributed by atoms with E-state index in [4.69, 9.17) is 15.2 Å². The smallest absolute Gasteiger partial charge is 0.144 e. The molecule has 0 saturated carbocycles. The van der Waals surface area contributed by atoms with Gasteiger partial charge in [-0.15, -0.1) is 0 Å². The molecule has 0 radical (unpaired) electrons. The second-order valence-corrected chi connectivity index (χ2v) is 3.07. The van der Waals surface area contributed by atoms with Gasteiger partial charge in [-0.2, -0.15) is 0 Å². The van der Waals surface area contributed by atoms with Gasteiger partial charge in [-0.05, 0) is 0 Å². The SMILES string of the molecule is COc1cncc(OC)c1C(CN)CO. The first kappa shape index (κ1) is 11.7. The molecule has 0 fully saturated rings. The van der Waals surface area contributed by atoms with Crippen LogP contribution in [-0.2, 0) is 0 Å². The van der Waals surface area contributed by atoms with Crippen molar-refractivity contribution >= 4 is 0 Å². The van der Waals surface area contributed by atoms with Crippen LogP contribution in [0.2, 0.25) is 0 Å². The van der Waals surface area contributed by atoms with E-state index in [1.807, 2.05) is 0 Å². The largest absolute Gasteiger partial charge is 0.495 e. The quantitative estimate of drug-likeness (QED) is 0.725. The third-order valence-corrected chi connectivity index (χ3v) is 2.27. The van der Waals surface area contributed by atoms with Gasteiger partial charge in [0, 0.05) is 18.0 Å². The lowest BCUT2D eigenvalue weighted by atomic mass is 9.99. The maximum atomic E-state index is 9.21. The summed E-state index contributed by atoms with van der Waals surface area (Å²) in [6, 6.07) is 0. The maximum Gasteiger partial charge on any atom is 0.144 e. The summed E-state index contributed by atoms with van der Waals surface area (Å²) in [6.07, 6.45) is 3.16.